The molecule has 32 heavy (non-hydrogen) atoms. The highest BCUT2D eigenvalue weighted by Gasteiger charge is 2.36. The number of carbonyl (C=O) groups excluding carboxylic acids is 2. The molecular formula is C26H31N3O2S. The van der Waals surface area contributed by atoms with Crippen molar-refractivity contribution < 1.29 is 9.59 Å². The third kappa shape index (κ3) is 3.79. The number of carbonyl (C=O) groups is 2. The fraction of sp³-hybridized carbons (Fsp3) is 0.500. The highest BCUT2D eigenvalue weighted by atomic mass is 32.1. The predicted octanol–water partition coefficient (Wildman–Crippen LogP) is 5.57. The van der Waals surface area contributed by atoms with Gasteiger partial charge in [-0.15, -0.1) is 11.3 Å². The van der Waals surface area contributed by atoms with E-state index in [1.165, 1.54) is 24.1 Å². The SMILES string of the molecule is CC(C)N1C(=O)C(=Nc2sc3c(c2C(=O)NC2CCCCC2)CCCC3)c2ccccc21. The van der Waals surface area contributed by atoms with Crippen molar-refractivity contribution in [2.24, 2.45) is 4.99 Å². The molecule has 1 saturated carbocycles. The summed E-state index contributed by atoms with van der Waals surface area (Å²) in [6.07, 6.45) is 9.89. The summed E-state index contributed by atoms with van der Waals surface area (Å²) < 4.78 is 0. The van der Waals surface area contributed by atoms with Crippen molar-refractivity contribution in [3.8, 4) is 0 Å². The van der Waals surface area contributed by atoms with Crippen molar-refractivity contribution in [3.05, 3.63) is 45.8 Å². The first kappa shape index (κ1) is 21.4. The summed E-state index contributed by atoms with van der Waals surface area (Å²) >= 11 is 1.61. The molecule has 5 rings (SSSR count). The van der Waals surface area contributed by atoms with Crippen molar-refractivity contribution in [2.45, 2.75) is 83.7 Å². The highest BCUT2D eigenvalue weighted by Crippen LogP contribution is 2.42. The van der Waals surface area contributed by atoms with Crippen LogP contribution in [-0.2, 0) is 17.6 Å². The van der Waals surface area contributed by atoms with E-state index in [2.05, 4.69) is 5.32 Å². The quantitative estimate of drug-likeness (QED) is 0.664. The maximum Gasteiger partial charge on any atom is 0.277 e. The lowest BCUT2D eigenvalue weighted by molar-refractivity contribution is -0.112. The molecule has 6 heteroatoms. The molecule has 1 fully saturated rings. The molecule has 5 nitrogen and oxygen atoms in total. The maximum absolute atomic E-state index is 13.5. The Morgan fingerprint density at radius 3 is 2.62 bits per heavy atom. The number of thiophene rings is 1. The van der Waals surface area contributed by atoms with E-state index in [0.717, 1.165) is 60.9 Å². The first-order valence-corrected chi connectivity index (χ1v) is 12.8. The standard InChI is InChI=1S/C26H31N3O2S/c1-16(2)29-20-14-8-6-12-18(20)23(26(29)31)28-25-22(19-13-7-9-15-21(19)32-25)24(30)27-17-10-4-3-5-11-17/h6,8,12,14,16-17H,3-5,7,9-11,13,15H2,1-2H3,(H,27,30). The highest BCUT2D eigenvalue weighted by molar-refractivity contribution is 7.16. The van der Waals surface area contributed by atoms with Crippen LogP contribution < -0.4 is 10.2 Å². The van der Waals surface area contributed by atoms with Crippen LogP contribution in [0.5, 0.6) is 0 Å². The average Bonchev–Trinajstić information content (AvgIpc) is 3.29. The van der Waals surface area contributed by atoms with Crippen molar-refractivity contribution in [2.75, 3.05) is 4.90 Å². The Kier molecular flexibility index (Phi) is 5.89. The van der Waals surface area contributed by atoms with E-state index < -0.39 is 0 Å². The van der Waals surface area contributed by atoms with Gasteiger partial charge in [0.15, 0.2) is 0 Å². The molecule has 168 valence electrons. The van der Waals surface area contributed by atoms with E-state index in [4.69, 9.17) is 4.99 Å². The number of hydrogen-bond acceptors (Lipinski definition) is 4. The van der Waals surface area contributed by atoms with Crippen LogP contribution in [0.2, 0.25) is 0 Å². The van der Waals surface area contributed by atoms with Crippen LogP contribution in [0.1, 0.15) is 85.2 Å². The Morgan fingerprint density at radius 2 is 1.84 bits per heavy atom. The number of fused-ring (bicyclic) bond motifs is 2. The smallest absolute Gasteiger partial charge is 0.277 e. The van der Waals surface area contributed by atoms with E-state index in [1.54, 1.807) is 11.3 Å². The number of aryl methyl sites for hydroxylation is 1. The number of nitrogens with one attached hydrogen (secondary N) is 1. The zero-order valence-corrected chi connectivity index (χ0v) is 19.8. The number of para-hydroxylation sites is 1. The maximum atomic E-state index is 13.5. The Hall–Kier alpha value is -2.47. The van der Waals surface area contributed by atoms with Gasteiger partial charge < -0.3 is 10.2 Å². The Balaban J connectivity index is 1.56. The van der Waals surface area contributed by atoms with E-state index in [0.29, 0.717) is 10.7 Å². The molecule has 2 aromatic rings. The normalized spacial score (nSPS) is 20.0. The summed E-state index contributed by atoms with van der Waals surface area (Å²) in [5.41, 5.74) is 4.10. The summed E-state index contributed by atoms with van der Waals surface area (Å²) in [6, 6.07) is 8.14. The van der Waals surface area contributed by atoms with E-state index in [-0.39, 0.29) is 23.9 Å². The zero-order valence-electron chi connectivity index (χ0n) is 18.9. The van der Waals surface area contributed by atoms with Gasteiger partial charge >= 0.3 is 0 Å². The molecule has 0 unspecified atom stereocenters. The molecule has 0 saturated heterocycles. The summed E-state index contributed by atoms with van der Waals surface area (Å²) in [6.45, 7) is 4.04. The molecule has 1 N–H and O–H groups in total. The lowest BCUT2D eigenvalue weighted by atomic mass is 9.93. The number of anilines is 1. The van der Waals surface area contributed by atoms with E-state index >= 15 is 0 Å². The molecule has 0 spiro atoms. The lowest BCUT2D eigenvalue weighted by Crippen LogP contribution is -2.36. The van der Waals surface area contributed by atoms with Gasteiger partial charge in [0, 0.05) is 22.5 Å². The minimum Gasteiger partial charge on any atom is -0.349 e. The summed E-state index contributed by atoms with van der Waals surface area (Å²) in [7, 11) is 0. The largest absolute Gasteiger partial charge is 0.349 e. The monoisotopic (exact) mass is 449 g/mol. The molecular weight excluding hydrogens is 418 g/mol. The van der Waals surface area contributed by atoms with Crippen LogP contribution in [0.15, 0.2) is 29.3 Å². The topological polar surface area (TPSA) is 61.8 Å². The van der Waals surface area contributed by atoms with Crippen LogP contribution in [0.4, 0.5) is 10.7 Å². The Morgan fingerprint density at radius 1 is 1.09 bits per heavy atom. The van der Waals surface area contributed by atoms with Crippen molar-refractivity contribution >= 4 is 39.6 Å². The van der Waals surface area contributed by atoms with E-state index in [9.17, 15) is 9.59 Å². The number of rotatable bonds is 4. The van der Waals surface area contributed by atoms with E-state index in [1.807, 2.05) is 43.0 Å². The van der Waals surface area contributed by atoms with Crippen molar-refractivity contribution in [1.29, 1.82) is 0 Å². The minimum absolute atomic E-state index is 0.00454. The molecule has 1 aliphatic heterocycles. The molecule has 0 atom stereocenters. The molecule has 3 aliphatic rings. The summed E-state index contributed by atoms with van der Waals surface area (Å²) in [5, 5.41) is 4.00. The predicted molar refractivity (Wildman–Crippen MR) is 131 cm³/mol. The number of aliphatic imine (C=N–C) groups is 1. The number of hydrogen-bond donors (Lipinski definition) is 1. The Bertz CT molecular complexity index is 1080. The van der Waals surface area contributed by atoms with Gasteiger partial charge in [-0.2, -0.15) is 0 Å². The van der Waals surface area contributed by atoms with Crippen LogP contribution in [-0.4, -0.2) is 29.6 Å². The summed E-state index contributed by atoms with van der Waals surface area (Å²) in [5.74, 6) is -0.0821. The second kappa shape index (κ2) is 8.81. The van der Waals surface area contributed by atoms with Gasteiger partial charge in [0.2, 0.25) is 0 Å². The molecule has 0 bridgehead atoms. The van der Waals surface area contributed by atoms with Gasteiger partial charge in [-0.05, 0) is 64.0 Å². The molecule has 2 amide bonds. The first-order valence-electron chi connectivity index (χ1n) is 12.0. The Labute approximate surface area is 193 Å². The third-order valence-corrected chi connectivity index (χ3v) is 8.08. The summed E-state index contributed by atoms with van der Waals surface area (Å²) in [4.78, 5) is 34.8. The molecule has 0 radical (unpaired) electrons. The van der Waals surface area contributed by atoms with Gasteiger partial charge in [0.05, 0.1) is 11.3 Å². The van der Waals surface area contributed by atoms with Crippen LogP contribution >= 0.6 is 11.3 Å². The van der Waals surface area contributed by atoms with Gasteiger partial charge in [0.1, 0.15) is 10.7 Å². The fourth-order valence-corrected chi connectivity index (χ4v) is 6.58. The van der Waals surface area contributed by atoms with Crippen LogP contribution in [0.3, 0.4) is 0 Å². The zero-order chi connectivity index (χ0) is 22.2. The lowest BCUT2D eigenvalue weighted by Gasteiger charge is -2.23. The first-order chi connectivity index (χ1) is 15.5. The second-order valence-electron chi connectivity index (χ2n) is 9.45. The van der Waals surface area contributed by atoms with Crippen molar-refractivity contribution in [1.82, 2.24) is 5.32 Å². The average molecular weight is 450 g/mol. The van der Waals surface area contributed by atoms with Crippen LogP contribution in [0.25, 0.3) is 0 Å². The van der Waals surface area contributed by atoms with Crippen molar-refractivity contribution in [3.63, 3.8) is 0 Å². The third-order valence-electron chi connectivity index (χ3n) is 6.89. The number of amides is 2. The van der Waals surface area contributed by atoms with Crippen LogP contribution in [0, 0.1) is 0 Å². The van der Waals surface area contributed by atoms with Gasteiger partial charge in [-0.1, -0.05) is 37.5 Å². The molecule has 2 aliphatic carbocycles. The second-order valence-corrected chi connectivity index (χ2v) is 10.5. The molecule has 2 heterocycles. The molecule has 1 aromatic heterocycles. The minimum atomic E-state index is -0.0776. The number of benzene rings is 1. The molecule has 1 aromatic carbocycles. The van der Waals surface area contributed by atoms with Gasteiger partial charge in [-0.25, -0.2) is 4.99 Å². The number of nitrogens with zero attached hydrogens (tertiary/aromatic N) is 2. The van der Waals surface area contributed by atoms with Gasteiger partial charge in [0.25, 0.3) is 11.8 Å². The fourth-order valence-electron chi connectivity index (χ4n) is 5.31. The van der Waals surface area contributed by atoms with Gasteiger partial charge in [-0.3, -0.25) is 9.59 Å².